The lowest BCUT2D eigenvalue weighted by molar-refractivity contribution is -0.384. The molecule has 4 heteroatoms. The van der Waals surface area contributed by atoms with Crippen molar-refractivity contribution in [1.29, 1.82) is 0 Å². The Labute approximate surface area is 150 Å². The first-order valence-corrected chi connectivity index (χ1v) is 8.31. The van der Waals surface area contributed by atoms with E-state index in [0.717, 1.165) is 33.3 Å². The summed E-state index contributed by atoms with van der Waals surface area (Å²) in [6.07, 6.45) is 0. The van der Waals surface area contributed by atoms with Crippen LogP contribution in [-0.2, 0) is 0 Å². The van der Waals surface area contributed by atoms with Crippen LogP contribution in [-0.4, -0.2) is 4.92 Å². The lowest BCUT2D eigenvalue weighted by atomic mass is 9.96. The minimum absolute atomic E-state index is 0.0894. The molecule has 0 bridgehead atoms. The molecule has 0 fully saturated rings. The molecular weight excluding hydrogens is 324 g/mol. The van der Waals surface area contributed by atoms with Crippen LogP contribution >= 0.6 is 0 Å². The number of non-ortho nitro benzene ring substituents is 1. The fourth-order valence-corrected chi connectivity index (χ4v) is 3.11. The highest BCUT2D eigenvalue weighted by molar-refractivity contribution is 6.03. The molecule has 0 aliphatic carbocycles. The molecule has 0 aromatic heterocycles. The number of hydrogen-bond acceptors (Lipinski definition) is 3. The molecule has 0 atom stereocenters. The third-order valence-corrected chi connectivity index (χ3v) is 4.35. The van der Waals surface area contributed by atoms with Crippen LogP contribution in [0.1, 0.15) is 0 Å². The SMILES string of the molecule is O=[N+]([O-])c1ccc(-c2c(Nc3ccccc3)ccc3ccccc23)cc1. The van der Waals surface area contributed by atoms with Gasteiger partial charge < -0.3 is 5.32 Å². The van der Waals surface area contributed by atoms with Gasteiger partial charge >= 0.3 is 0 Å². The van der Waals surface area contributed by atoms with Crippen LogP contribution in [0.2, 0.25) is 0 Å². The van der Waals surface area contributed by atoms with Crippen LogP contribution in [0.4, 0.5) is 17.1 Å². The molecule has 0 saturated heterocycles. The van der Waals surface area contributed by atoms with Crippen LogP contribution in [0.5, 0.6) is 0 Å². The second kappa shape index (κ2) is 6.69. The van der Waals surface area contributed by atoms with Crippen molar-refractivity contribution in [3.63, 3.8) is 0 Å². The van der Waals surface area contributed by atoms with E-state index >= 15 is 0 Å². The highest BCUT2D eigenvalue weighted by atomic mass is 16.6. The van der Waals surface area contributed by atoms with Crippen LogP contribution in [0.3, 0.4) is 0 Å². The highest BCUT2D eigenvalue weighted by Gasteiger charge is 2.12. The van der Waals surface area contributed by atoms with Gasteiger partial charge in [-0.2, -0.15) is 0 Å². The van der Waals surface area contributed by atoms with Gasteiger partial charge in [-0.1, -0.05) is 48.5 Å². The molecule has 0 saturated carbocycles. The molecule has 4 rings (SSSR count). The minimum atomic E-state index is -0.379. The monoisotopic (exact) mass is 340 g/mol. The largest absolute Gasteiger partial charge is 0.355 e. The summed E-state index contributed by atoms with van der Waals surface area (Å²) in [7, 11) is 0. The Kier molecular flexibility index (Phi) is 4.07. The van der Waals surface area contributed by atoms with Gasteiger partial charge in [0.25, 0.3) is 5.69 Å². The van der Waals surface area contributed by atoms with Gasteiger partial charge in [-0.15, -0.1) is 0 Å². The maximum atomic E-state index is 11.0. The number of fused-ring (bicyclic) bond motifs is 1. The highest BCUT2D eigenvalue weighted by Crippen LogP contribution is 2.37. The van der Waals surface area contributed by atoms with Crippen molar-refractivity contribution in [2.75, 3.05) is 5.32 Å². The van der Waals surface area contributed by atoms with Crippen molar-refractivity contribution < 1.29 is 4.92 Å². The predicted octanol–water partition coefficient (Wildman–Crippen LogP) is 6.16. The van der Waals surface area contributed by atoms with Crippen molar-refractivity contribution >= 4 is 27.8 Å². The van der Waals surface area contributed by atoms with E-state index in [-0.39, 0.29) is 10.6 Å². The molecular formula is C22H16N2O2. The summed E-state index contributed by atoms with van der Waals surface area (Å²) in [5.41, 5.74) is 4.01. The lowest BCUT2D eigenvalue weighted by Gasteiger charge is -2.15. The molecule has 1 N–H and O–H groups in total. The summed E-state index contributed by atoms with van der Waals surface area (Å²) in [4.78, 5) is 10.6. The molecule has 4 aromatic rings. The Balaban J connectivity index is 1.89. The number of hydrogen-bond donors (Lipinski definition) is 1. The number of benzene rings is 4. The average Bonchev–Trinajstić information content (AvgIpc) is 2.69. The quantitative estimate of drug-likeness (QED) is 0.357. The average molecular weight is 340 g/mol. The summed E-state index contributed by atoms with van der Waals surface area (Å²) in [6.45, 7) is 0. The van der Waals surface area contributed by atoms with Gasteiger partial charge in [-0.3, -0.25) is 10.1 Å². The van der Waals surface area contributed by atoms with Crippen molar-refractivity contribution in [3.05, 3.63) is 101 Å². The number of para-hydroxylation sites is 1. The zero-order valence-electron chi connectivity index (χ0n) is 13.9. The van der Waals surface area contributed by atoms with Crippen molar-refractivity contribution in [1.82, 2.24) is 0 Å². The molecule has 0 heterocycles. The first kappa shape index (κ1) is 15.8. The van der Waals surface area contributed by atoms with Crippen LogP contribution in [0.15, 0.2) is 91.0 Å². The molecule has 4 nitrogen and oxygen atoms in total. The Morgan fingerprint density at radius 2 is 1.42 bits per heavy atom. The summed E-state index contributed by atoms with van der Waals surface area (Å²) in [5, 5.41) is 16.7. The number of nitro benzene ring substituents is 1. The molecule has 126 valence electrons. The second-order valence-corrected chi connectivity index (χ2v) is 6.00. The summed E-state index contributed by atoms with van der Waals surface area (Å²) in [5.74, 6) is 0. The van der Waals surface area contributed by atoms with Gasteiger partial charge in [0.1, 0.15) is 0 Å². The molecule has 0 aliphatic heterocycles. The second-order valence-electron chi connectivity index (χ2n) is 6.00. The van der Waals surface area contributed by atoms with Crippen molar-refractivity contribution in [3.8, 4) is 11.1 Å². The van der Waals surface area contributed by atoms with Gasteiger partial charge in [0.05, 0.1) is 4.92 Å². The number of nitro groups is 1. The first-order valence-electron chi connectivity index (χ1n) is 8.31. The summed E-state index contributed by atoms with van der Waals surface area (Å²) >= 11 is 0. The summed E-state index contributed by atoms with van der Waals surface area (Å²) in [6, 6.07) is 28.9. The summed E-state index contributed by atoms with van der Waals surface area (Å²) < 4.78 is 0. The third kappa shape index (κ3) is 3.00. The molecule has 0 aliphatic rings. The van der Waals surface area contributed by atoms with Crippen LogP contribution < -0.4 is 5.32 Å². The number of anilines is 2. The molecule has 0 spiro atoms. The topological polar surface area (TPSA) is 55.2 Å². The minimum Gasteiger partial charge on any atom is -0.355 e. The van der Waals surface area contributed by atoms with E-state index in [1.54, 1.807) is 24.3 Å². The smallest absolute Gasteiger partial charge is 0.269 e. The van der Waals surface area contributed by atoms with E-state index in [1.165, 1.54) is 0 Å². The van der Waals surface area contributed by atoms with Gasteiger partial charge in [0.2, 0.25) is 0 Å². The maximum absolute atomic E-state index is 11.0. The normalized spacial score (nSPS) is 10.6. The molecule has 0 unspecified atom stereocenters. The van der Waals surface area contributed by atoms with Gasteiger partial charge in [0.15, 0.2) is 0 Å². The number of nitrogens with zero attached hydrogens (tertiary/aromatic N) is 1. The maximum Gasteiger partial charge on any atom is 0.269 e. The number of nitrogens with one attached hydrogen (secondary N) is 1. The predicted molar refractivity (Wildman–Crippen MR) is 106 cm³/mol. The molecule has 0 amide bonds. The zero-order valence-corrected chi connectivity index (χ0v) is 13.9. The van der Waals surface area contributed by atoms with Crippen molar-refractivity contribution in [2.45, 2.75) is 0 Å². The lowest BCUT2D eigenvalue weighted by Crippen LogP contribution is -1.95. The number of rotatable bonds is 4. The Hall–Kier alpha value is -3.66. The Morgan fingerprint density at radius 1 is 0.731 bits per heavy atom. The molecule has 4 aromatic carbocycles. The molecule has 26 heavy (non-hydrogen) atoms. The van der Waals surface area contributed by atoms with Crippen LogP contribution in [0.25, 0.3) is 21.9 Å². The zero-order chi connectivity index (χ0) is 17.9. The van der Waals surface area contributed by atoms with E-state index in [1.807, 2.05) is 48.5 Å². The Morgan fingerprint density at radius 3 is 2.15 bits per heavy atom. The standard InChI is InChI=1S/C22H16N2O2/c25-24(26)19-13-10-17(11-14-19)22-20-9-5-4-6-16(20)12-15-21(22)23-18-7-2-1-3-8-18/h1-15,23H. The van der Waals surface area contributed by atoms with Gasteiger partial charge in [-0.25, -0.2) is 0 Å². The van der Waals surface area contributed by atoms with E-state index < -0.39 is 0 Å². The fraction of sp³-hybridized carbons (Fsp3) is 0. The fourth-order valence-electron chi connectivity index (χ4n) is 3.11. The van der Waals surface area contributed by atoms with E-state index in [9.17, 15) is 10.1 Å². The van der Waals surface area contributed by atoms with Crippen LogP contribution in [0, 0.1) is 10.1 Å². The van der Waals surface area contributed by atoms with Crippen molar-refractivity contribution in [2.24, 2.45) is 0 Å². The van der Waals surface area contributed by atoms with Gasteiger partial charge in [-0.05, 0) is 46.7 Å². The van der Waals surface area contributed by atoms with Gasteiger partial charge in [0, 0.05) is 29.1 Å². The van der Waals surface area contributed by atoms with E-state index in [4.69, 9.17) is 0 Å². The third-order valence-electron chi connectivity index (χ3n) is 4.35. The van der Waals surface area contributed by atoms with E-state index in [2.05, 4.69) is 23.5 Å². The molecule has 0 radical (unpaired) electrons. The Bertz CT molecular complexity index is 1070. The van der Waals surface area contributed by atoms with E-state index in [0.29, 0.717) is 0 Å². The first-order chi connectivity index (χ1) is 12.7.